The summed E-state index contributed by atoms with van der Waals surface area (Å²) in [4.78, 5) is 11.3. The van der Waals surface area contributed by atoms with Gasteiger partial charge in [-0.3, -0.25) is 4.79 Å². The first-order valence-electron chi connectivity index (χ1n) is 5.66. The number of ether oxygens (including phenoxy) is 1. The van der Waals surface area contributed by atoms with Crippen LogP contribution >= 0.6 is 12.4 Å². The van der Waals surface area contributed by atoms with E-state index in [2.05, 4.69) is 19.2 Å². The monoisotopic (exact) mass is 250 g/mol. The molecule has 5 heteroatoms. The van der Waals surface area contributed by atoms with Crippen LogP contribution in [0, 0.1) is 5.41 Å². The normalized spacial score (nSPS) is 26.5. The number of hydrogen-bond donors (Lipinski definition) is 2. The predicted molar refractivity (Wildman–Crippen MR) is 66.7 cm³/mol. The third-order valence-electron chi connectivity index (χ3n) is 3.91. The molecular formula is C11H23ClN2O2. The summed E-state index contributed by atoms with van der Waals surface area (Å²) in [6.07, 6.45) is 3.23. The van der Waals surface area contributed by atoms with E-state index >= 15 is 0 Å². The number of hydrogen-bond acceptors (Lipinski definition) is 3. The highest BCUT2D eigenvalue weighted by molar-refractivity contribution is 5.85. The van der Waals surface area contributed by atoms with E-state index in [1.807, 2.05) is 0 Å². The lowest BCUT2D eigenvalue weighted by Gasteiger charge is -2.55. The van der Waals surface area contributed by atoms with Crippen molar-refractivity contribution in [1.29, 1.82) is 0 Å². The van der Waals surface area contributed by atoms with E-state index in [1.165, 1.54) is 0 Å². The molecule has 0 aliphatic heterocycles. The summed E-state index contributed by atoms with van der Waals surface area (Å²) in [6, 6.07) is 0.230. The van der Waals surface area contributed by atoms with Crippen LogP contribution in [0.4, 0.5) is 0 Å². The molecule has 0 bridgehead atoms. The van der Waals surface area contributed by atoms with Crippen molar-refractivity contribution in [3.05, 3.63) is 0 Å². The van der Waals surface area contributed by atoms with Gasteiger partial charge in [-0.1, -0.05) is 13.8 Å². The SMILES string of the molecule is CCC1(CC)C(NC(=O)CN)CC1OC.Cl. The van der Waals surface area contributed by atoms with Crippen LogP contribution in [0.1, 0.15) is 33.1 Å². The first kappa shape index (κ1) is 15.7. The van der Waals surface area contributed by atoms with Gasteiger partial charge in [0.1, 0.15) is 0 Å². The Labute approximate surface area is 104 Å². The standard InChI is InChI=1S/C11H22N2O2.ClH/c1-4-11(5-2)8(6-9(11)15-3)13-10(14)7-12;/h8-9H,4-7,12H2,1-3H3,(H,13,14);1H. The third kappa shape index (κ3) is 2.50. The summed E-state index contributed by atoms with van der Waals surface area (Å²) < 4.78 is 5.45. The van der Waals surface area contributed by atoms with Crippen molar-refractivity contribution in [3.8, 4) is 0 Å². The van der Waals surface area contributed by atoms with Gasteiger partial charge in [0.2, 0.25) is 5.91 Å². The molecule has 1 aliphatic rings. The van der Waals surface area contributed by atoms with Crippen LogP contribution < -0.4 is 11.1 Å². The highest BCUT2D eigenvalue weighted by Crippen LogP contribution is 2.48. The quantitative estimate of drug-likeness (QED) is 0.768. The zero-order chi connectivity index (χ0) is 11.5. The van der Waals surface area contributed by atoms with Crippen molar-refractivity contribution in [2.24, 2.45) is 11.1 Å². The maximum absolute atomic E-state index is 11.3. The summed E-state index contributed by atoms with van der Waals surface area (Å²) in [5, 5.41) is 2.98. The van der Waals surface area contributed by atoms with Gasteiger partial charge in [-0.05, 0) is 19.3 Å². The Bertz CT molecular complexity index is 232. The minimum absolute atomic E-state index is 0. The van der Waals surface area contributed by atoms with Gasteiger partial charge in [0.15, 0.2) is 0 Å². The molecule has 1 saturated carbocycles. The first-order chi connectivity index (χ1) is 7.14. The number of carbonyl (C=O) groups excluding carboxylic acids is 1. The third-order valence-corrected chi connectivity index (χ3v) is 3.91. The Hall–Kier alpha value is -0.320. The summed E-state index contributed by atoms with van der Waals surface area (Å²) in [7, 11) is 1.74. The molecule has 16 heavy (non-hydrogen) atoms. The molecule has 2 unspecified atom stereocenters. The van der Waals surface area contributed by atoms with Gasteiger partial charge in [-0.2, -0.15) is 0 Å². The van der Waals surface area contributed by atoms with Crippen molar-refractivity contribution < 1.29 is 9.53 Å². The molecular weight excluding hydrogens is 228 g/mol. The molecule has 1 aliphatic carbocycles. The van der Waals surface area contributed by atoms with Gasteiger partial charge in [0.05, 0.1) is 12.6 Å². The molecule has 0 radical (unpaired) electrons. The fraction of sp³-hybridized carbons (Fsp3) is 0.909. The predicted octanol–water partition coefficient (Wildman–Crippen LogP) is 1.08. The smallest absolute Gasteiger partial charge is 0.233 e. The average Bonchev–Trinajstić information content (AvgIpc) is 2.25. The topological polar surface area (TPSA) is 64.4 Å². The van der Waals surface area contributed by atoms with Crippen molar-refractivity contribution in [2.45, 2.75) is 45.3 Å². The largest absolute Gasteiger partial charge is 0.381 e. The van der Waals surface area contributed by atoms with E-state index in [0.29, 0.717) is 0 Å². The Morgan fingerprint density at radius 3 is 2.44 bits per heavy atom. The second kappa shape index (κ2) is 6.42. The van der Waals surface area contributed by atoms with Crippen LogP contribution in [-0.4, -0.2) is 31.7 Å². The molecule has 0 heterocycles. The second-order valence-electron chi connectivity index (χ2n) is 4.22. The molecule has 96 valence electrons. The van der Waals surface area contributed by atoms with Crippen LogP contribution in [0.3, 0.4) is 0 Å². The highest BCUT2D eigenvalue weighted by atomic mass is 35.5. The van der Waals surface area contributed by atoms with Crippen LogP contribution in [-0.2, 0) is 9.53 Å². The molecule has 1 fully saturated rings. The molecule has 0 aromatic carbocycles. The van der Waals surface area contributed by atoms with Crippen molar-refractivity contribution >= 4 is 18.3 Å². The number of carbonyl (C=O) groups is 1. The number of nitrogens with one attached hydrogen (secondary N) is 1. The van der Waals surface area contributed by atoms with E-state index < -0.39 is 0 Å². The van der Waals surface area contributed by atoms with Crippen molar-refractivity contribution in [1.82, 2.24) is 5.32 Å². The zero-order valence-electron chi connectivity index (χ0n) is 10.3. The summed E-state index contributed by atoms with van der Waals surface area (Å²) in [6.45, 7) is 4.37. The summed E-state index contributed by atoms with van der Waals surface area (Å²) >= 11 is 0. The van der Waals surface area contributed by atoms with Crippen LogP contribution in [0.25, 0.3) is 0 Å². The van der Waals surface area contributed by atoms with Crippen molar-refractivity contribution in [2.75, 3.05) is 13.7 Å². The van der Waals surface area contributed by atoms with Gasteiger partial charge < -0.3 is 15.8 Å². The number of methoxy groups -OCH3 is 1. The highest BCUT2D eigenvalue weighted by Gasteiger charge is 2.53. The Kier molecular flexibility index (Phi) is 6.30. The van der Waals surface area contributed by atoms with E-state index in [-0.39, 0.29) is 42.4 Å². The lowest BCUT2D eigenvalue weighted by molar-refractivity contribution is -0.140. The molecule has 1 rings (SSSR count). The molecule has 2 atom stereocenters. The zero-order valence-corrected chi connectivity index (χ0v) is 11.1. The minimum Gasteiger partial charge on any atom is -0.381 e. The molecule has 0 aromatic rings. The Morgan fingerprint density at radius 1 is 1.50 bits per heavy atom. The van der Waals surface area contributed by atoms with Gasteiger partial charge in [-0.15, -0.1) is 12.4 Å². The van der Waals surface area contributed by atoms with E-state index in [1.54, 1.807) is 7.11 Å². The van der Waals surface area contributed by atoms with Gasteiger partial charge in [0.25, 0.3) is 0 Å². The molecule has 0 spiro atoms. The maximum Gasteiger partial charge on any atom is 0.233 e. The maximum atomic E-state index is 11.3. The number of amides is 1. The van der Waals surface area contributed by atoms with Crippen LogP contribution in [0.5, 0.6) is 0 Å². The van der Waals surface area contributed by atoms with Crippen LogP contribution in [0.15, 0.2) is 0 Å². The number of halogens is 1. The fourth-order valence-corrected chi connectivity index (χ4v) is 2.73. The average molecular weight is 251 g/mol. The second-order valence-corrected chi connectivity index (χ2v) is 4.22. The first-order valence-corrected chi connectivity index (χ1v) is 5.66. The molecule has 1 amide bonds. The molecule has 4 nitrogen and oxygen atoms in total. The van der Waals surface area contributed by atoms with E-state index in [0.717, 1.165) is 19.3 Å². The lowest BCUT2D eigenvalue weighted by atomic mass is 9.58. The van der Waals surface area contributed by atoms with Gasteiger partial charge in [0, 0.05) is 18.6 Å². The Balaban J connectivity index is 0.00000225. The minimum atomic E-state index is -0.0687. The molecule has 0 saturated heterocycles. The van der Waals surface area contributed by atoms with Gasteiger partial charge >= 0.3 is 0 Å². The lowest BCUT2D eigenvalue weighted by Crippen LogP contribution is -2.64. The molecule has 3 N–H and O–H groups in total. The van der Waals surface area contributed by atoms with E-state index in [4.69, 9.17) is 10.5 Å². The fourth-order valence-electron chi connectivity index (χ4n) is 2.73. The van der Waals surface area contributed by atoms with Crippen LogP contribution in [0.2, 0.25) is 0 Å². The number of nitrogens with two attached hydrogens (primary N) is 1. The van der Waals surface area contributed by atoms with E-state index in [9.17, 15) is 4.79 Å². The Morgan fingerprint density at radius 2 is 2.06 bits per heavy atom. The van der Waals surface area contributed by atoms with Gasteiger partial charge in [-0.25, -0.2) is 0 Å². The summed E-state index contributed by atoms with van der Waals surface area (Å²) in [5.41, 5.74) is 5.41. The molecule has 0 aromatic heterocycles. The summed E-state index contributed by atoms with van der Waals surface area (Å²) in [5.74, 6) is -0.0687. The number of rotatable bonds is 5. The van der Waals surface area contributed by atoms with Crippen molar-refractivity contribution in [3.63, 3.8) is 0 Å².